The molecule has 0 saturated heterocycles. The number of aliphatic hydroxyl groups is 1. The molecule has 1 atom stereocenters. The number of fused-ring (bicyclic) bond motifs is 1. The Bertz CT molecular complexity index is 1260. The van der Waals surface area contributed by atoms with Crippen LogP contribution in [-0.4, -0.2) is 40.8 Å². The molecule has 1 aromatic heterocycles. The maximum absolute atomic E-state index is 11.2. The van der Waals surface area contributed by atoms with Gasteiger partial charge in [-0.15, -0.1) is 0 Å². The summed E-state index contributed by atoms with van der Waals surface area (Å²) in [5.41, 5.74) is 7.63. The van der Waals surface area contributed by atoms with Crippen molar-refractivity contribution in [2.75, 3.05) is 13.2 Å². The van der Waals surface area contributed by atoms with Crippen molar-refractivity contribution < 1.29 is 19.4 Å². The van der Waals surface area contributed by atoms with E-state index in [0.29, 0.717) is 23.6 Å². The Morgan fingerprint density at radius 1 is 1.03 bits per heavy atom. The van der Waals surface area contributed by atoms with Gasteiger partial charge in [-0.3, -0.25) is 4.79 Å². The van der Waals surface area contributed by atoms with E-state index < -0.39 is 12.0 Å². The van der Waals surface area contributed by atoms with Crippen LogP contribution in [0.25, 0.3) is 10.9 Å². The predicted molar refractivity (Wildman–Crippen MR) is 137 cm³/mol. The molecule has 3 aromatic carbocycles. The zero-order chi connectivity index (χ0) is 24.8. The van der Waals surface area contributed by atoms with Gasteiger partial charge in [-0.25, -0.2) is 0 Å². The summed E-state index contributed by atoms with van der Waals surface area (Å²) in [5, 5.41) is 14.9. The van der Waals surface area contributed by atoms with Gasteiger partial charge in [0.2, 0.25) is 5.91 Å². The number of rotatable bonds is 11. The fourth-order valence-electron chi connectivity index (χ4n) is 3.89. The largest absolute Gasteiger partial charge is 0.490 e. The lowest BCUT2D eigenvalue weighted by molar-refractivity contribution is 0.0995. The SMILES string of the molecule is CC(C)(Cc1ccc(Oc2ccc(C(N)=O)cc2)cc1)NC[C@H](O)COc1cccc2[nH]ccc12. The van der Waals surface area contributed by atoms with Crippen LogP contribution in [0, 0.1) is 0 Å². The lowest BCUT2D eigenvalue weighted by Gasteiger charge is -2.28. The smallest absolute Gasteiger partial charge is 0.248 e. The van der Waals surface area contributed by atoms with Gasteiger partial charge in [-0.2, -0.15) is 0 Å². The van der Waals surface area contributed by atoms with E-state index in [0.717, 1.165) is 28.6 Å². The highest BCUT2D eigenvalue weighted by Crippen LogP contribution is 2.25. The number of carbonyl (C=O) groups excluding carboxylic acids is 1. The van der Waals surface area contributed by atoms with Crippen LogP contribution in [0.15, 0.2) is 79.0 Å². The topological polar surface area (TPSA) is 110 Å². The van der Waals surface area contributed by atoms with Crippen LogP contribution in [0.2, 0.25) is 0 Å². The van der Waals surface area contributed by atoms with E-state index in [9.17, 15) is 9.90 Å². The van der Waals surface area contributed by atoms with Gasteiger partial charge < -0.3 is 30.6 Å². The quantitative estimate of drug-likeness (QED) is 0.258. The molecule has 5 N–H and O–H groups in total. The molecule has 0 bridgehead atoms. The van der Waals surface area contributed by atoms with Crippen molar-refractivity contribution in [3.05, 3.63) is 90.1 Å². The van der Waals surface area contributed by atoms with Gasteiger partial charge in [-0.05, 0) is 80.4 Å². The number of ether oxygens (including phenoxy) is 2. The third-order valence-corrected chi connectivity index (χ3v) is 5.75. The number of β-amino-alcohol motifs (C(OH)–C–C–N with tert-alkyl or cyclic N) is 1. The van der Waals surface area contributed by atoms with Crippen molar-refractivity contribution in [1.82, 2.24) is 10.3 Å². The molecular formula is C28H31N3O4. The zero-order valence-electron chi connectivity index (χ0n) is 20.0. The molecule has 0 unspecified atom stereocenters. The summed E-state index contributed by atoms with van der Waals surface area (Å²) >= 11 is 0. The number of nitrogens with two attached hydrogens (primary N) is 1. The second kappa shape index (κ2) is 10.6. The standard InChI is InChI=1S/C28H31N3O4/c1-28(2,31-17-21(32)18-34-26-5-3-4-25-24(26)14-15-30-25)16-19-6-10-22(11-7-19)35-23-12-8-20(9-13-23)27(29)33/h3-15,21,30-32H,16-18H2,1-2H3,(H2,29,33)/t21-/m0/s1. The van der Waals surface area contributed by atoms with Gasteiger partial charge in [0.25, 0.3) is 0 Å². The number of hydrogen-bond donors (Lipinski definition) is 4. The maximum Gasteiger partial charge on any atom is 0.248 e. The summed E-state index contributed by atoms with van der Waals surface area (Å²) in [5.74, 6) is 1.63. The number of aliphatic hydroxyl groups excluding tert-OH is 1. The number of amides is 1. The van der Waals surface area contributed by atoms with Crippen molar-refractivity contribution in [2.24, 2.45) is 5.73 Å². The maximum atomic E-state index is 11.2. The number of hydrogen-bond acceptors (Lipinski definition) is 5. The number of aromatic amines is 1. The molecule has 0 aliphatic heterocycles. The van der Waals surface area contributed by atoms with Crippen molar-refractivity contribution in [3.63, 3.8) is 0 Å². The second-order valence-electron chi connectivity index (χ2n) is 9.24. The Hall–Kier alpha value is -3.81. The fraction of sp³-hybridized carbons (Fsp3) is 0.250. The van der Waals surface area contributed by atoms with Gasteiger partial charge in [0.05, 0.1) is 0 Å². The van der Waals surface area contributed by atoms with E-state index >= 15 is 0 Å². The fourth-order valence-corrected chi connectivity index (χ4v) is 3.89. The summed E-state index contributed by atoms with van der Waals surface area (Å²) in [6.07, 6.45) is 2.01. The molecule has 0 fully saturated rings. The summed E-state index contributed by atoms with van der Waals surface area (Å²) in [4.78, 5) is 14.3. The molecule has 0 radical (unpaired) electrons. The van der Waals surface area contributed by atoms with Crippen molar-refractivity contribution >= 4 is 16.8 Å². The van der Waals surface area contributed by atoms with Crippen LogP contribution in [0.3, 0.4) is 0 Å². The van der Waals surface area contributed by atoms with Crippen LogP contribution in [-0.2, 0) is 6.42 Å². The average molecular weight is 474 g/mol. The van der Waals surface area contributed by atoms with Crippen molar-refractivity contribution in [3.8, 4) is 17.2 Å². The lowest BCUT2D eigenvalue weighted by Crippen LogP contribution is -2.46. The molecular weight excluding hydrogens is 442 g/mol. The third kappa shape index (κ3) is 6.62. The van der Waals surface area contributed by atoms with E-state index in [1.807, 2.05) is 54.7 Å². The molecule has 7 heteroatoms. The van der Waals surface area contributed by atoms with Crippen LogP contribution >= 0.6 is 0 Å². The molecule has 4 aromatic rings. The molecule has 1 amide bonds. The highest BCUT2D eigenvalue weighted by atomic mass is 16.5. The summed E-state index contributed by atoms with van der Waals surface area (Å²) in [6, 6.07) is 22.4. The van der Waals surface area contributed by atoms with Gasteiger partial charge >= 0.3 is 0 Å². The first kappa shape index (κ1) is 24.3. The molecule has 182 valence electrons. The number of carbonyl (C=O) groups is 1. The lowest BCUT2D eigenvalue weighted by atomic mass is 9.94. The van der Waals surface area contributed by atoms with Crippen LogP contribution in [0.5, 0.6) is 17.2 Å². The third-order valence-electron chi connectivity index (χ3n) is 5.75. The summed E-state index contributed by atoms with van der Waals surface area (Å²) in [6.45, 7) is 4.83. The number of primary amides is 1. The summed E-state index contributed by atoms with van der Waals surface area (Å²) in [7, 11) is 0. The molecule has 0 aliphatic rings. The molecule has 4 rings (SSSR count). The van der Waals surface area contributed by atoms with Gasteiger partial charge in [0.1, 0.15) is 30.0 Å². The molecule has 1 heterocycles. The van der Waals surface area contributed by atoms with Gasteiger partial charge in [0, 0.05) is 34.7 Å². The average Bonchev–Trinajstić information content (AvgIpc) is 3.32. The highest BCUT2D eigenvalue weighted by Gasteiger charge is 2.20. The van der Waals surface area contributed by atoms with Crippen LogP contribution in [0.4, 0.5) is 0 Å². The Balaban J connectivity index is 1.25. The normalized spacial score (nSPS) is 12.4. The molecule has 0 saturated carbocycles. The Labute approximate surface area is 204 Å². The van der Waals surface area contributed by atoms with Gasteiger partial charge in [-0.1, -0.05) is 18.2 Å². The first-order valence-electron chi connectivity index (χ1n) is 11.6. The second-order valence-corrected chi connectivity index (χ2v) is 9.24. The zero-order valence-corrected chi connectivity index (χ0v) is 20.0. The molecule has 0 aliphatic carbocycles. The van der Waals surface area contributed by atoms with Crippen molar-refractivity contribution in [1.29, 1.82) is 0 Å². The minimum Gasteiger partial charge on any atom is -0.490 e. The van der Waals surface area contributed by atoms with Crippen molar-refractivity contribution in [2.45, 2.75) is 31.9 Å². The number of benzene rings is 3. The first-order chi connectivity index (χ1) is 16.8. The first-order valence-corrected chi connectivity index (χ1v) is 11.6. The Morgan fingerprint density at radius 3 is 2.40 bits per heavy atom. The number of nitrogens with one attached hydrogen (secondary N) is 2. The highest BCUT2D eigenvalue weighted by molar-refractivity contribution is 5.92. The van der Waals surface area contributed by atoms with E-state index in [1.165, 1.54) is 0 Å². The van der Waals surface area contributed by atoms with E-state index in [4.69, 9.17) is 15.2 Å². The molecule has 35 heavy (non-hydrogen) atoms. The Kier molecular flexibility index (Phi) is 7.39. The Morgan fingerprint density at radius 2 is 1.71 bits per heavy atom. The summed E-state index contributed by atoms with van der Waals surface area (Å²) < 4.78 is 11.7. The molecule has 7 nitrogen and oxygen atoms in total. The monoisotopic (exact) mass is 473 g/mol. The van der Waals surface area contributed by atoms with Crippen LogP contribution < -0.4 is 20.5 Å². The number of aromatic nitrogens is 1. The van der Waals surface area contributed by atoms with E-state index in [-0.39, 0.29) is 12.1 Å². The van der Waals surface area contributed by atoms with Gasteiger partial charge in [0.15, 0.2) is 0 Å². The molecule has 0 spiro atoms. The predicted octanol–water partition coefficient (Wildman–Crippen LogP) is 4.41. The minimum atomic E-state index is -0.639. The van der Waals surface area contributed by atoms with E-state index in [2.05, 4.69) is 24.1 Å². The minimum absolute atomic E-state index is 0.208. The van der Waals surface area contributed by atoms with E-state index in [1.54, 1.807) is 24.3 Å². The number of H-pyrrole nitrogens is 1. The van der Waals surface area contributed by atoms with Crippen LogP contribution in [0.1, 0.15) is 29.8 Å².